The molecule has 0 bridgehead atoms. The van der Waals surface area contributed by atoms with E-state index in [4.69, 9.17) is 0 Å². The molecule has 1 amide bonds. The van der Waals surface area contributed by atoms with Crippen LogP contribution in [0.15, 0.2) is 23.1 Å². The SMILES string of the molecule is Cc1c(C(C)NC(=O)C(C)n2cc(Br)cn2)cnn1C. The first-order valence-corrected chi connectivity index (χ1v) is 7.18. The minimum absolute atomic E-state index is 0.0728. The van der Waals surface area contributed by atoms with Crippen LogP contribution >= 0.6 is 15.9 Å². The van der Waals surface area contributed by atoms with Crippen molar-refractivity contribution in [3.8, 4) is 0 Å². The maximum atomic E-state index is 12.2. The van der Waals surface area contributed by atoms with E-state index in [1.807, 2.05) is 27.8 Å². The van der Waals surface area contributed by atoms with E-state index in [9.17, 15) is 4.79 Å². The van der Waals surface area contributed by atoms with Crippen LogP contribution in [0.1, 0.15) is 37.2 Å². The van der Waals surface area contributed by atoms with Crippen LogP contribution < -0.4 is 5.32 Å². The summed E-state index contributed by atoms with van der Waals surface area (Å²) in [5, 5.41) is 11.3. The fourth-order valence-electron chi connectivity index (χ4n) is 2.00. The summed E-state index contributed by atoms with van der Waals surface area (Å²) in [5.74, 6) is -0.0728. The number of carbonyl (C=O) groups is 1. The molecule has 2 rings (SSSR count). The van der Waals surface area contributed by atoms with Gasteiger partial charge < -0.3 is 5.32 Å². The third-order valence-corrected chi connectivity index (χ3v) is 3.85. The Hall–Kier alpha value is -1.63. The zero-order valence-electron chi connectivity index (χ0n) is 12.0. The maximum Gasteiger partial charge on any atom is 0.245 e. The van der Waals surface area contributed by atoms with Crippen molar-refractivity contribution in [3.63, 3.8) is 0 Å². The van der Waals surface area contributed by atoms with Gasteiger partial charge in [-0.15, -0.1) is 0 Å². The summed E-state index contributed by atoms with van der Waals surface area (Å²) in [7, 11) is 1.89. The van der Waals surface area contributed by atoms with Crippen molar-refractivity contribution in [2.45, 2.75) is 32.9 Å². The molecule has 2 aromatic rings. The number of amides is 1. The van der Waals surface area contributed by atoms with Crippen molar-refractivity contribution in [1.82, 2.24) is 24.9 Å². The van der Waals surface area contributed by atoms with Crippen LogP contribution in [-0.2, 0) is 11.8 Å². The largest absolute Gasteiger partial charge is 0.348 e. The van der Waals surface area contributed by atoms with Crippen molar-refractivity contribution >= 4 is 21.8 Å². The summed E-state index contributed by atoms with van der Waals surface area (Å²) in [6, 6.07) is -0.446. The van der Waals surface area contributed by atoms with Gasteiger partial charge in [0.2, 0.25) is 5.91 Å². The standard InChI is InChI=1S/C13H18BrN5O/c1-8(12-6-15-18(4)9(12)2)17-13(20)10(3)19-7-11(14)5-16-19/h5-8,10H,1-4H3,(H,17,20). The van der Waals surface area contributed by atoms with E-state index in [0.717, 1.165) is 15.7 Å². The van der Waals surface area contributed by atoms with Crippen molar-refractivity contribution in [2.24, 2.45) is 7.05 Å². The molecule has 2 aromatic heterocycles. The molecule has 0 aliphatic rings. The topological polar surface area (TPSA) is 64.7 Å². The molecule has 0 radical (unpaired) electrons. The number of nitrogens with zero attached hydrogens (tertiary/aromatic N) is 4. The Kier molecular flexibility index (Phi) is 4.27. The van der Waals surface area contributed by atoms with E-state index >= 15 is 0 Å². The second kappa shape index (κ2) is 5.78. The highest BCUT2D eigenvalue weighted by Gasteiger charge is 2.20. The molecule has 0 aromatic carbocycles. The lowest BCUT2D eigenvalue weighted by Gasteiger charge is -2.17. The number of nitrogens with one attached hydrogen (secondary N) is 1. The molecule has 20 heavy (non-hydrogen) atoms. The van der Waals surface area contributed by atoms with Gasteiger partial charge in [-0.05, 0) is 36.7 Å². The minimum Gasteiger partial charge on any atom is -0.348 e. The highest BCUT2D eigenvalue weighted by Crippen LogP contribution is 2.18. The average molecular weight is 340 g/mol. The Bertz CT molecular complexity index is 618. The lowest BCUT2D eigenvalue weighted by molar-refractivity contribution is -0.124. The number of aryl methyl sites for hydroxylation is 1. The number of rotatable bonds is 4. The highest BCUT2D eigenvalue weighted by molar-refractivity contribution is 9.10. The van der Waals surface area contributed by atoms with Crippen LogP contribution in [0.3, 0.4) is 0 Å². The first-order chi connectivity index (χ1) is 9.40. The van der Waals surface area contributed by atoms with Gasteiger partial charge in [0.1, 0.15) is 6.04 Å². The van der Waals surface area contributed by atoms with E-state index in [-0.39, 0.29) is 18.0 Å². The predicted octanol–water partition coefficient (Wildman–Crippen LogP) is 2.13. The molecule has 0 saturated carbocycles. The van der Waals surface area contributed by atoms with Crippen molar-refractivity contribution in [2.75, 3.05) is 0 Å². The summed E-state index contributed by atoms with van der Waals surface area (Å²) in [5.41, 5.74) is 2.07. The van der Waals surface area contributed by atoms with Crippen LogP contribution in [0.4, 0.5) is 0 Å². The van der Waals surface area contributed by atoms with Crippen LogP contribution in [0.2, 0.25) is 0 Å². The summed E-state index contributed by atoms with van der Waals surface area (Å²) >= 11 is 3.32. The quantitative estimate of drug-likeness (QED) is 0.927. The van der Waals surface area contributed by atoms with E-state index in [1.165, 1.54) is 0 Å². The molecule has 0 saturated heterocycles. The van der Waals surface area contributed by atoms with Crippen molar-refractivity contribution in [3.05, 3.63) is 34.3 Å². The van der Waals surface area contributed by atoms with Crippen molar-refractivity contribution in [1.29, 1.82) is 0 Å². The Morgan fingerprint density at radius 3 is 2.55 bits per heavy atom. The molecular weight excluding hydrogens is 322 g/mol. The molecule has 1 N–H and O–H groups in total. The third kappa shape index (κ3) is 2.92. The molecule has 2 unspecified atom stereocenters. The smallest absolute Gasteiger partial charge is 0.245 e. The van der Waals surface area contributed by atoms with E-state index in [0.29, 0.717) is 0 Å². The molecule has 0 spiro atoms. The normalized spacial score (nSPS) is 14.1. The zero-order chi connectivity index (χ0) is 14.9. The minimum atomic E-state index is -0.360. The molecule has 6 nitrogen and oxygen atoms in total. The van der Waals surface area contributed by atoms with Crippen LogP contribution in [0, 0.1) is 6.92 Å². The fraction of sp³-hybridized carbons (Fsp3) is 0.462. The van der Waals surface area contributed by atoms with E-state index < -0.39 is 0 Å². The molecule has 0 fully saturated rings. The molecule has 0 aliphatic carbocycles. The van der Waals surface area contributed by atoms with Crippen LogP contribution in [0.5, 0.6) is 0 Å². The van der Waals surface area contributed by atoms with Gasteiger partial charge in [-0.3, -0.25) is 14.2 Å². The average Bonchev–Trinajstić information content (AvgIpc) is 2.96. The van der Waals surface area contributed by atoms with Gasteiger partial charge >= 0.3 is 0 Å². The van der Waals surface area contributed by atoms with Gasteiger partial charge in [0.25, 0.3) is 0 Å². The van der Waals surface area contributed by atoms with Crippen LogP contribution in [0.25, 0.3) is 0 Å². The van der Waals surface area contributed by atoms with Gasteiger partial charge in [0, 0.05) is 24.5 Å². The molecule has 0 aliphatic heterocycles. The number of carbonyl (C=O) groups excluding carboxylic acids is 1. The first-order valence-electron chi connectivity index (χ1n) is 6.38. The van der Waals surface area contributed by atoms with E-state index in [2.05, 4.69) is 31.4 Å². The fourth-order valence-corrected chi connectivity index (χ4v) is 2.30. The Morgan fingerprint density at radius 1 is 1.35 bits per heavy atom. The van der Waals surface area contributed by atoms with Gasteiger partial charge in [0.05, 0.1) is 22.9 Å². The van der Waals surface area contributed by atoms with Gasteiger partial charge in [-0.1, -0.05) is 0 Å². The zero-order valence-corrected chi connectivity index (χ0v) is 13.5. The summed E-state index contributed by atoms with van der Waals surface area (Å²) in [6.45, 7) is 5.75. The van der Waals surface area contributed by atoms with Gasteiger partial charge in [0.15, 0.2) is 0 Å². The molecule has 108 valence electrons. The summed E-state index contributed by atoms with van der Waals surface area (Å²) < 4.78 is 4.28. The van der Waals surface area contributed by atoms with E-state index in [1.54, 1.807) is 28.0 Å². The van der Waals surface area contributed by atoms with Crippen molar-refractivity contribution < 1.29 is 4.79 Å². The molecular formula is C13H18BrN5O. The Labute approximate surface area is 126 Å². The molecule has 2 atom stereocenters. The number of aromatic nitrogens is 4. The maximum absolute atomic E-state index is 12.2. The van der Waals surface area contributed by atoms with Gasteiger partial charge in [-0.25, -0.2) is 0 Å². The second-order valence-electron chi connectivity index (χ2n) is 4.85. The summed E-state index contributed by atoms with van der Waals surface area (Å²) in [4.78, 5) is 12.2. The summed E-state index contributed by atoms with van der Waals surface area (Å²) in [6.07, 6.45) is 5.23. The monoisotopic (exact) mass is 339 g/mol. The lowest BCUT2D eigenvalue weighted by Crippen LogP contribution is -2.33. The number of hydrogen-bond donors (Lipinski definition) is 1. The number of halogens is 1. The van der Waals surface area contributed by atoms with Crippen LogP contribution in [-0.4, -0.2) is 25.5 Å². The molecule has 7 heteroatoms. The Balaban J connectivity index is 2.06. The second-order valence-corrected chi connectivity index (χ2v) is 5.77. The molecule has 2 heterocycles. The highest BCUT2D eigenvalue weighted by atomic mass is 79.9. The first kappa shape index (κ1) is 14.8. The Morgan fingerprint density at radius 2 is 2.05 bits per heavy atom. The van der Waals surface area contributed by atoms with Gasteiger partial charge in [-0.2, -0.15) is 10.2 Å². The third-order valence-electron chi connectivity index (χ3n) is 3.44. The number of hydrogen-bond acceptors (Lipinski definition) is 3. The lowest BCUT2D eigenvalue weighted by atomic mass is 10.1. The predicted molar refractivity (Wildman–Crippen MR) is 79.1 cm³/mol.